The van der Waals surface area contributed by atoms with E-state index in [1.807, 2.05) is 12.1 Å². The molecule has 17 heavy (non-hydrogen) atoms. The summed E-state index contributed by atoms with van der Waals surface area (Å²) in [5.74, 6) is 0. The van der Waals surface area contributed by atoms with E-state index >= 15 is 0 Å². The molecule has 1 aromatic rings. The van der Waals surface area contributed by atoms with Crippen molar-refractivity contribution in [2.24, 2.45) is 0 Å². The summed E-state index contributed by atoms with van der Waals surface area (Å²) in [6.45, 7) is 4.27. The summed E-state index contributed by atoms with van der Waals surface area (Å²) >= 11 is 9.40. The van der Waals surface area contributed by atoms with Gasteiger partial charge in [0.1, 0.15) is 0 Å². The van der Waals surface area contributed by atoms with Gasteiger partial charge in [-0.1, -0.05) is 27.5 Å². The Labute approximate surface area is 115 Å². The normalized spacial score (nSPS) is 11.8. The number of halogens is 2. The van der Waals surface area contributed by atoms with E-state index in [4.69, 9.17) is 20.6 Å². The third-order valence-electron chi connectivity index (χ3n) is 2.02. The first-order chi connectivity index (χ1) is 8.00. The summed E-state index contributed by atoms with van der Waals surface area (Å²) in [6, 6.07) is 5.41. The van der Waals surface area contributed by atoms with Crippen LogP contribution in [0.3, 0.4) is 0 Å². The predicted octanol–water partition coefficient (Wildman–Crippen LogP) is 4.87. The van der Waals surface area contributed by atoms with Gasteiger partial charge in [-0.05, 0) is 37.6 Å². The zero-order valence-corrected chi connectivity index (χ0v) is 13.0. The summed E-state index contributed by atoms with van der Waals surface area (Å²) in [6.07, 6.45) is 0.187. The maximum absolute atomic E-state index is 12.3. The Kier molecular flexibility index (Phi) is 6.18. The van der Waals surface area contributed by atoms with Gasteiger partial charge in [0.2, 0.25) is 0 Å². The van der Waals surface area contributed by atoms with E-state index in [-0.39, 0.29) is 6.16 Å². The van der Waals surface area contributed by atoms with E-state index in [2.05, 4.69) is 15.9 Å². The highest BCUT2D eigenvalue weighted by atomic mass is 79.9. The van der Waals surface area contributed by atoms with Gasteiger partial charge in [-0.3, -0.25) is 4.57 Å². The van der Waals surface area contributed by atoms with Crippen LogP contribution in [0, 0.1) is 0 Å². The lowest BCUT2D eigenvalue weighted by atomic mass is 10.2. The fraction of sp³-hybridized carbons (Fsp3) is 0.455. The lowest BCUT2D eigenvalue weighted by Gasteiger charge is -2.17. The summed E-state index contributed by atoms with van der Waals surface area (Å²) in [5, 5.41) is 0.563. The van der Waals surface area contributed by atoms with Crippen molar-refractivity contribution in [3.8, 4) is 0 Å². The van der Waals surface area contributed by atoms with Crippen molar-refractivity contribution in [3.63, 3.8) is 0 Å². The summed E-state index contributed by atoms with van der Waals surface area (Å²) in [5.41, 5.74) is 0.756. The van der Waals surface area contributed by atoms with Crippen LogP contribution in [0.2, 0.25) is 5.02 Å². The molecule has 6 heteroatoms. The SMILES string of the molecule is CCOP(=O)(Cc1cc(Br)ccc1Cl)OCC. The van der Waals surface area contributed by atoms with Crippen molar-refractivity contribution in [2.75, 3.05) is 13.2 Å². The zero-order chi connectivity index (χ0) is 12.9. The molecule has 96 valence electrons. The number of hydrogen-bond donors (Lipinski definition) is 0. The molecule has 0 fully saturated rings. The molecule has 0 saturated heterocycles. The van der Waals surface area contributed by atoms with Crippen LogP contribution in [0.4, 0.5) is 0 Å². The largest absolute Gasteiger partial charge is 0.335 e. The standard InChI is InChI=1S/C11H15BrClO3P/c1-3-15-17(14,16-4-2)8-9-7-10(12)5-6-11(9)13/h5-7H,3-4,8H2,1-2H3. The minimum atomic E-state index is -3.09. The molecule has 0 spiro atoms. The topological polar surface area (TPSA) is 35.5 Å². The van der Waals surface area contributed by atoms with Gasteiger partial charge in [-0.2, -0.15) is 0 Å². The van der Waals surface area contributed by atoms with Crippen molar-refractivity contribution in [1.29, 1.82) is 0 Å². The Bertz CT molecular complexity index is 415. The summed E-state index contributed by atoms with van der Waals surface area (Å²) in [7, 11) is -3.09. The van der Waals surface area contributed by atoms with E-state index < -0.39 is 7.60 Å². The van der Waals surface area contributed by atoms with Crippen molar-refractivity contribution in [1.82, 2.24) is 0 Å². The fourth-order valence-corrected chi connectivity index (χ4v) is 3.80. The monoisotopic (exact) mass is 340 g/mol. The molecule has 0 N–H and O–H groups in total. The molecule has 0 amide bonds. The molecule has 0 atom stereocenters. The summed E-state index contributed by atoms with van der Waals surface area (Å²) < 4.78 is 23.7. The van der Waals surface area contributed by atoms with Crippen LogP contribution >= 0.6 is 35.1 Å². The van der Waals surface area contributed by atoms with Gasteiger partial charge in [0.05, 0.1) is 19.4 Å². The van der Waals surface area contributed by atoms with E-state index in [1.54, 1.807) is 19.9 Å². The lowest BCUT2D eigenvalue weighted by Crippen LogP contribution is -1.99. The highest BCUT2D eigenvalue weighted by Crippen LogP contribution is 2.52. The first-order valence-corrected chi connectivity index (χ1v) is 8.22. The minimum absolute atomic E-state index is 0.187. The fourth-order valence-electron chi connectivity index (χ4n) is 1.40. The van der Waals surface area contributed by atoms with Crippen LogP contribution in [-0.2, 0) is 19.8 Å². The van der Waals surface area contributed by atoms with E-state index in [0.29, 0.717) is 18.2 Å². The minimum Gasteiger partial charge on any atom is -0.309 e. The van der Waals surface area contributed by atoms with Crippen molar-refractivity contribution < 1.29 is 13.6 Å². The Morgan fingerprint density at radius 2 is 1.88 bits per heavy atom. The van der Waals surface area contributed by atoms with Gasteiger partial charge >= 0.3 is 7.60 Å². The maximum Gasteiger partial charge on any atom is 0.335 e. The molecule has 0 heterocycles. The first-order valence-electron chi connectivity index (χ1n) is 5.33. The Morgan fingerprint density at radius 3 is 2.41 bits per heavy atom. The number of rotatable bonds is 6. The molecule has 1 rings (SSSR count). The molecule has 3 nitrogen and oxygen atoms in total. The highest BCUT2D eigenvalue weighted by Gasteiger charge is 2.25. The van der Waals surface area contributed by atoms with Crippen LogP contribution in [-0.4, -0.2) is 13.2 Å². The van der Waals surface area contributed by atoms with Crippen LogP contribution in [0.1, 0.15) is 19.4 Å². The van der Waals surface area contributed by atoms with Gasteiger partial charge in [0.15, 0.2) is 0 Å². The molecule has 0 radical (unpaired) electrons. The smallest absolute Gasteiger partial charge is 0.309 e. The average molecular weight is 342 g/mol. The van der Waals surface area contributed by atoms with Crippen LogP contribution < -0.4 is 0 Å². The predicted molar refractivity (Wildman–Crippen MR) is 73.7 cm³/mol. The van der Waals surface area contributed by atoms with E-state index in [1.165, 1.54) is 0 Å². The molecule has 0 unspecified atom stereocenters. The lowest BCUT2D eigenvalue weighted by molar-refractivity contribution is 0.219. The van der Waals surface area contributed by atoms with Gasteiger partial charge in [0.25, 0.3) is 0 Å². The summed E-state index contributed by atoms with van der Waals surface area (Å²) in [4.78, 5) is 0. The second kappa shape index (κ2) is 6.91. The third-order valence-corrected chi connectivity index (χ3v) is 4.92. The molecule has 0 bridgehead atoms. The molecule has 0 aliphatic carbocycles. The van der Waals surface area contributed by atoms with Gasteiger partial charge < -0.3 is 9.05 Å². The Morgan fingerprint density at radius 1 is 1.29 bits per heavy atom. The van der Waals surface area contributed by atoms with Crippen molar-refractivity contribution in [3.05, 3.63) is 33.3 Å². The van der Waals surface area contributed by atoms with Gasteiger partial charge in [-0.25, -0.2) is 0 Å². The molecule has 0 saturated carbocycles. The number of benzene rings is 1. The molecule has 0 aliphatic heterocycles. The Hall–Kier alpha value is 0.140. The average Bonchev–Trinajstić information content (AvgIpc) is 2.24. The maximum atomic E-state index is 12.3. The second-order valence-electron chi connectivity index (χ2n) is 3.34. The highest BCUT2D eigenvalue weighted by molar-refractivity contribution is 9.10. The van der Waals surface area contributed by atoms with E-state index in [9.17, 15) is 4.57 Å². The van der Waals surface area contributed by atoms with Crippen molar-refractivity contribution in [2.45, 2.75) is 20.0 Å². The van der Waals surface area contributed by atoms with Crippen molar-refractivity contribution >= 4 is 35.1 Å². The second-order valence-corrected chi connectivity index (χ2v) is 6.72. The van der Waals surface area contributed by atoms with Crippen LogP contribution in [0.15, 0.2) is 22.7 Å². The van der Waals surface area contributed by atoms with Gasteiger partial charge in [0, 0.05) is 9.50 Å². The van der Waals surface area contributed by atoms with E-state index in [0.717, 1.165) is 10.0 Å². The molecular weight excluding hydrogens is 326 g/mol. The zero-order valence-electron chi connectivity index (χ0n) is 9.78. The first kappa shape index (κ1) is 15.2. The molecule has 0 aliphatic rings. The van der Waals surface area contributed by atoms with Gasteiger partial charge in [-0.15, -0.1) is 0 Å². The molecule has 1 aromatic carbocycles. The Balaban J connectivity index is 2.93. The van der Waals surface area contributed by atoms with Crippen LogP contribution in [0.25, 0.3) is 0 Å². The number of hydrogen-bond acceptors (Lipinski definition) is 3. The quantitative estimate of drug-likeness (QED) is 0.693. The molecule has 0 aromatic heterocycles. The third kappa shape index (κ3) is 4.72. The van der Waals surface area contributed by atoms with Crippen LogP contribution in [0.5, 0.6) is 0 Å². The molecular formula is C11H15BrClO3P.